The number of aliphatic imine (C=N–C) groups is 1. The van der Waals surface area contributed by atoms with Crippen LogP contribution in [-0.4, -0.2) is 53.5 Å². The maximum atomic E-state index is 5.91. The third-order valence-corrected chi connectivity index (χ3v) is 4.14. The molecule has 1 aliphatic rings. The highest BCUT2D eigenvalue weighted by Gasteiger charge is 2.12. The first-order valence-corrected chi connectivity index (χ1v) is 7.33. The number of thioether (sulfide) groups is 2. The van der Waals surface area contributed by atoms with E-state index < -0.39 is 0 Å². The van der Waals surface area contributed by atoms with E-state index in [1.165, 1.54) is 11.5 Å². The van der Waals surface area contributed by atoms with E-state index >= 15 is 0 Å². The van der Waals surface area contributed by atoms with Gasteiger partial charge in [0.05, 0.1) is 6.54 Å². The lowest BCUT2D eigenvalue weighted by molar-refractivity contribution is 0.456. The minimum absolute atomic E-state index is 0.563. The number of hydrogen-bond donors (Lipinski definition) is 1. The molecule has 0 aromatic carbocycles. The lowest BCUT2D eigenvalue weighted by atomic mass is 10.5. The van der Waals surface area contributed by atoms with Gasteiger partial charge in [-0.2, -0.15) is 23.5 Å². The van der Waals surface area contributed by atoms with E-state index in [0.29, 0.717) is 5.25 Å². The predicted octanol–water partition coefficient (Wildman–Crippen LogP) is 1.10. The zero-order chi connectivity index (χ0) is 10.4. The molecule has 1 fully saturated rings. The molecular weight excluding hydrogens is 214 g/mol. The summed E-state index contributed by atoms with van der Waals surface area (Å²) in [7, 11) is 0. The van der Waals surface area contributed by atoms with Crippen LogP contribution < -0.4 is 5.73 Å². The van der Waals surface area contributed by atoms with Crippen molar-refractivity contribution in [1.29, 1.82) is 0 Å². The van der Waals surface area contributed by atoms with E-state index in [0.717, 1.165) is 25.6 Å². The highest BCUT2D eigenvalue weighted by molar-refractivity contribution is 7.99. The van der Waals surface area contributed by atoms with Crippen LogP contribution in [0.1, 0.15) is 6.92 Å². The summed E-state index contributed by atoms with van der Waals surface area (Å²) in [5.41, 5.74) is 5.91. The molecular formula is C9H19N3S2. The van der Waals surface area contributed by atoms with E-state index in [1.54, 1.807) is 0 Å². The highest BCUT2D eigenvalue weighted by Crippen LogP contribution is 2.09. The SMILES string of the molecule is CSC(C)CN=C(N)N1CCSCC1. The van der Waals surface area contributed by atoms with E-state index in [1.807, 2.05) is 23.5 Å². The number of nitrogens with two attached hydrogens (primary N) is 1. The molecule has 1 rings (SSSR count). The second kappa shape index (κ2) is 6.45. The van der Waals surface area contributed by atoms with E-state index in [-0.39, 0.29) is 0 Å². The summed E-state index contributed by atoms with van der Waals surface area (Å²) < 4.78 is 0. The Morgan fingerprint density at radius 3 is 2.79 bits per heavy atom. The van der Waals surface area contributed by atoms with Crippen LogP contribution in [0.4, 0.5) is 0 Å². The zero-order valence-electron chi connectivity index (χ0n) is 8.90. The number of nitrogens with zero attached hydrogens (tertiary/aromatic N) is 2. The zero-order valence-corrected chi connectivity index (χ0v) is 10.5. The van der Waals surface area contributed by atoms with Crippen LogP contribution in [0.2, 0.25) is 0 Å². The third kappa shape index (κ3) is 4.00. The van der Waals surface area contributed by atoms with Gasteiger partial charge in [0.25, 0.3) is 0 Å². The number of rotatable bonds is 3. The quantitative estimate of drug-likeness (QED) is 0.585. The van der Waals surface area contributed by atoms with Crippen molar-refractivity contribution in [3.8, 4) is 0 Å². The average molecular weight is 233 g/mol. The van der Waals surface area contributed by atoms with Gasteiger partial charge in [0.2, 0.25) is 0 Å². The summed E-state index contributed by atoms with van der Waals surface area (Å²) in [5.74, 6) is 3.08. The van der Waals surface area contributed by atoms with E-state index in [9.17, 15) is 0 Å². The fourth-order valence-corrected chi connectivity index (χ4v) is 2.32. The highest BCUT2D eigenvalue weighted by atomic mass is 32.2. The summed E-state index contributed by atoms with van der Waals surface area (Å²) >= 11 is 3.82. The minimum Gasteiger partial charge on any atom is -0.370 e. The first-order valence-electron chi connectivity index (χ1n) is 4.89. The van der Waals surface area contributed by atoms with Gasteiger partial charge in [-0.25, -0.2) is 0 Å². The maximum Gasteiger partial charge on any atom is 0.191 e. The summed E-state index contributed by atoms with van der Waals surface area (Å²) in [6.45, 7) is 5.10. The first-order chi connectivity index (χ1) is 6.74. The van der Waals surface area contributed by atoms with Gasteiger partial charge in [-0.15, -0.1) is 0 Å². The number of guanidine groups is 1. The normalized spacial score (nSPS) is 21.0. The summed E-state index contributed by atoms with van der Waals surface area (Å²) in [5, 5.41) is 0.563. The van der Waals surface area contributed by atoms with Crippen molar-refractivity contribution in [2.24, 2.45) is 10.7 Å². The van der Waals surface area contributed by atoms with Crippen molar-refractivity contribution in [2.75, 3.05) is 37.4 Å². The molecule has 0 aromatic heterocycles. The Hall–Kier alpha value is -0.0300. The van der Waals surface area contributed by atoms with Crippen LogP contribution in [0.15, 0.2) is 4.99 Å². The molecule has 5 heteroatoms. The Bertz CT molecular complexity index is 190. The fourth-order valence-electron chi connectivity index (χ4n) is 1.19. The van der Waals surface area contributed by atoms with Gasteiger partial charge in [-0.1, -0.05) is 6.92 Å². The van der Waals surface area contributed by atoms with Gasteiger partial charge < -0.3 is 10.6 Å². The van der Waals surface area contributed by atoms with E-state index in [2.05, 4.69) is 23.1 Å². The Labute approximate surface area is 94.9 Å². The third-order valence-electron chi connectivity index (χ3n) is 2.25. The maximum absolute atomic E-state index is 5.91. The molecule has 14 heavy (non-hydrogen) atoms. The first kappa shape index (κ1) is 12.0. The van der Waals surface area contributed by atoms with Crippen molar-refractivity contribution in [3.63, 3.8) is 0 Å². The van der Waals surface area contributed by atoms with Gasteiger partial charge >= 0.3 is 0 Å². The molecule has 82 valence electrons. The van der Waals surface area contributed by atoms with Crippen LogP contribution in [0.3, 0.4) is 0 Å². The monoisotopic (exact) mass is 233 g/mol. The smallest absolute Gasteiger partial charge is 0.191 e. The van der Waals surface area contributed by atoms with Crippen LogP contribution in [-0.2, 0) is 0 Å². The van der Waals surface area contributed by atoms with Crippen molar-refractivity contribution in [1.82, 2.24) is 4.90 Å². The molecule has 0 bridgehead atoms. The van der Waals surface area contributed by atoms with Crippen LogP contribution >= 0.6 is 23.5 Å². The standard InChI is InChI=1S/C9H19N3S2/c1-8(13-2)7-11-9(10)12-3-5-14-6-4-12/h8H,3-7H2,1-2H3,(H2,10,11). The van der Waals surface area contributed by atoms with Gasteiger partial charge in [-0.05, 0) is 6.26 Å². The Morgan fingerprint density at radius 1 is 1.57 bits per heavy atom. The second-order valence-electron chi connectivity index (χ2n) is 3.34. The molecule has 0 aliphatic carbocycles. The van der Waals surface area contributed by atoms with Crippen LogP contribution in [0.5, 0.6) is 0 Å². The van der Waals surface area contributed by atoms with E-state index in [4.69, 9.17) is 5.73 Å². The molecule has 1 aliphatic heterocycles. The van der Waals surface area contributed by atoms with Crippen molar-refractivity contribution < 1.29 is 0 Å². The fraction of sp³-hybridized carbons (Fsp3) is 0.889. The molecule has 1 heterocycles. The molecule has 0 saturated carbocycles. The van der Waals surface area contributed by atoms with Crippen LogP contribution in [0.25, 0.3) is 0 Å². The van der Waals surface area contributed by atoms with Gasteiger partial charge in [0.15, 0.2) is 5.96 Å². The second-order valence-corrected chi connectivity index (χ2v) is 5.85. The Kier molecular flexibility index (Phi) is 5.55. The average Bonchev–Trinajstić information content (AvgIpc) is 2.26. The minimum atomic E-state index is 0.563. The van der Waals surface area contributed by atoms with Gasteiger partial charge in [0.1, 0.15) is 0 Å². The Balaban J connectivity index is 2.34. The molecule has 1 saturated heterocycles. The van der Waals surface area contributed by atoms with Crippen molar-refractivity contribution in [2.45, 2.75) is 12.2 Å². The molecule has 1 unspecified atom stereocenters. The molecule has 2 N–H and O–H groups in total. The molecule has 0 amide bonds. The number of hydrogen-bond acceptors (Lipinski definition) is 3. The molecule has 0 spiro atoms. The van der Waals surface area contributed by atoms with Gasteiger partial charge in [0, 0.05) is 29.8 Å². The Morgan fingerprint density at radius 2 is 2.21 bits per heavy atom. The summed E-state index contributed by atoms with van der Waals surface area (Å²) in [6.07, 6.45) is 2.11. The summed E-state index contributed by atoms with van der Waals surface area (Å²) in [4.78, 5) is 6.59. The lowest BCUT2D eigenvalue weighted by Gasteiger charge is -2.27. The molecule has 3 nitrogen and oxygen atoms in total. The lowest BCUT2D eigenvalue weighted by Crippen LogP contribution is -2.42. The summed E-state index contributed by atoms with van der Waals surface area (Å²) in [6, 6.07) is 0. The molecule has 0 aromatic rings. The largest absolute Gasteiger partial charge is 0.370 e. The molecule has 0 radical (unpaired) electrons. The van der Waals surface area contributed by atoms with Crippen LogP contribution in [0, 0.1) is 0 Å². The predicted molar refractivity (Wildman–Crippen MR) is 68.4 cm³/mol. The topological polar surface area (TPSA) is 41.6 Å². The van der Waals surface area contributed by atoms with Crippen molar-refractivity contribution in [3.05, 3.63) is 0 Å². The van der Waals surface area contributed by atoms with Gasteiger partial charge in [-0.3, -0.25) is 4.99 Å². The van der Waals surface area contributed by atoms with Crippen molar-refractivity contribution >= 4 is 29.5 Å². The molecule has 1 atom stereocenters.